The Balaban J connectivity index is 1.91. The third-order valence-corrected chi connectivity index (χ3v) is 3.89. The lowest BCUT2D eigenvalue weighted by atomic mass is 10.1. The molecule has 1 aromatic carbocycles. The quantitative estimate of drug-likeness (QED) is 0.861. The number of hydrogen-bond donors (Lipinski definition) is 1. The molecule has 2 aromatic rings. The fourth-order valence-electron chi connectivity index (χ4n) is 2.17. The molecule has 4 nitrogen and oxygen atoms in total. The van der Waals surface area contributed by atoms with E-state index >= 15 is 0 Å². The average Bonchev–Trinajstić information content (AvgIpc) is 2.63. The molecule has 0 aliphatic carbocycles. The maximum absolute atomic E-state index is 11.5. The van der Waals surface area contributed by atoms with Crippen molar-refractivity contribution in [2.24, 2.45) is 0 Å². The summed E-state index contributed by atoms with van der Waals surface area (Å²) in [6.45, 7) is 3.99. The Morgan fingerprint density at radius 1 is 1.10 bits per heavy atom. The predicted octanol–water partition coefficient (Wildman–Crippen LogP) is 2.98. The molecule has 0 radical (unpaired) electrons. The van der Waals surface area contributed by atoms with Gasteiger partial charge in [0.2, 0.25) is 0 Å². The van der Waals surface area contributed by atoms with Crippen LogP contribution in [0.1, 0.15) is 21.6 Å². The Bertz CT molecular complexity index is 720. The van der Waals surface area contributed by atoms with Crippen LogP contribution in [-0.2, 0) is 4.79 Å². The summed E-state index contributed by atoms with van der Waals surface area (Å²) in [5.74, 6) is -1.03. The largest absolute Gasteiger partial charge is 0.318 e. The second-order valence-corrected chi connectivity index (χ2v) is 5.81. The van der Waals surface area contributed by atoms with Crippen molar-refractivity contribution >= 4 is 29.1 Å². The van der Waals surface area contributed by atoms with Crippen molar-refractivity contribution in [3.63, 3.8) is 0 Å². The van der Waals surface area contributed by atoms with Crippen LogP contribution in [0, 0.1) is 13.8 Å². The predicted molar refractivity (Wildman–Crippen MR) is 77.2 cm³/mol. The Morgan fingerprint density at radius 3 is 2.65 bits per heavy atom. The number of hydrogen-bond acceptors (Lipinski definition) is 4. The van der Waals surface area contributed by atoms with Crippen molar-refractivity contribution in [2.45, 2.75) is 23.8 Å². The molecule has 1 amide bonds. The number of ketones is 1. The van der Waals surface area contributed by atoms with Gasteiger partial charge in [-0.05, 0) is 49.7 Å². The van der Waals surface area contributed by atoms with Crippen LogP contribution in [0.4, 0.5) is 5.69 Å². The summed E-state index contributed by atoms with van der Waals surface area (Å²) in [4.78, 5) is 28.2. The minimum absolute atomic E-state index is 0.438. The van der Waals surface area contributed by atoms with E-state index in [-0.39, 0.29) is 0 Å². The second-order valence-electron chi connectivity index (χ2n) is 4.72. The second kappa shape index (κ2) is 4.76. The van der Waals surface area contributed by atoms with Crippen LogP contribution in [0.5, 0.6) is 0 Å². The van der Waals surface area contributed by atoms with Crippen LogP contribution in [0.25, 0.3) is 0 Å². The van der Waals surface area contributed by atoms with Crippen LogP contribution >= 0.6 is 11.8 Å². The molecule has 1 N–H and O–H groups in total. The average molecular weight is 284 g/mol. The highest BCUT2D eigenvalue weighted by atomic mass is 32.2. The molecule has 20 heavy (non-hydrogen) atoms. The Morgan fingerprint density at radius 2 is 1.90 bits per heavy atom. The van der Waals surface area contributed by atoms with E-state index in [1.54, 1.807) is 6.07 Å². The smallest absolute Gasteiger partial charge is 0.296 e. The number of rotatable bonds is 2. The van der Waals surface area contributed by atoms with Crippen molar-refractivity contribution in [1.82, 2.24) is 4.98 Å². The van der Waals surface area contributed by atoms with Gasteiger partial charge in [-0.1, -0.05) is 11.8 Å². The van der Waals surface area contributed by atoms with E-state index in [4.69, 9.17) is 0 Å². The van der Waals surface area contributed by atoms with Crippen LogP contribution < -0.4 is 5.32 Å². The van der Waals surface area contributed by atoms with E-state index in [2.05, 4.69) is 10.3 Å². The number of amides is 1. The van der Waals surface area contributed by atoms with Crippen LogP contribution in [-0.4, -0.2) is 16.7 Å². The molecule has 5 heteroatoms. The number of nitrogens with zero attached hydrogens (tertiary/aromatic N) is 1. The fraction of sp³-hybridized carbons (Fsp3) is 0.133. The van der Waals surface area contributed by atoms with Crippen molar-refractivity contribution in [3.05, 3.63) is 47.2 Å². The van der Waals surface area contributed by atoms with Gasteiger partial charge in [0.1, 0.15) is 5.03 Å². The first-order chi connectivity index (χ1) is 9.52. The Hall–Kier alpha value is -2.14. The molecular formula is C15H12N2O2S. The zero-order chi connectivity index (χ0) is 14.3. The van der Waals surface area contributed by atoms with Gasteiger partial charge in [-0.3, -0.25) is 9.59 Å². The van der Waals surface area contributed by atoms with Gasteiger partial charge >= 0.3 is 0 Å². The fourth-order valence-corrected chi connectivity index (χ4v) is 3.16. The SMILES string of the molecule is Cc1cc(C)nc(Sc2ccc3c(c2)NC(=O)C3=O)c1. The summed E-state index contributed by atoms with van der Waals surface area (Å²) < 4.78 is 0. The van der Waals surface area contributed by atoms with Crippen molar-refractivity contribution < 1.29 is 9.59 Å². The van der Waals surface area contributed by atoms with Crippen LogP contribution in [0.15, 0.2) is 40.3 Å². The first-order valence-electron chi connectivity index (χ1n) is 6.16. The highest BCUT2D eigenvalue weighted by molar-refractivity contribution is 7.99. The van der Waals surface area contributed by atoms with E-state index in [0.29, 0.717) is 11.3 Å². The number of carbonyl (C=O) groups is 2. The lowest BCUT2D eigenvalue weighted by Gasteiger charge is -2.05. The Labute approximate surface area is 120 Å². The summed E-state index contributed by atoms with van der Waals surface area (Å²) in [5, 5.41) is 3.47. The molecule has 0 spiro atoms. The standard InChI is InChI=1S/C15H12N2O2S/c1-8-5-9(2)16-13(6-8)20-10-3-4-11-12(7-10)17-15(19)14(11)18/h3-7H,1-2H3,(H,17,18,19). The number of pyridine rings is 1. The first kappa shape index (κ1) is 12.9. The number of aryl methyl sites for hydroxylation is 2. The molecule has 100 valence electrons. The highest BCUT2D eigenvalue weighted by Crippen LogP contribution is 2.32. The number of benzene rings is 1. The van der Waals surface area contributed by atoms with E-state index in [1.807, 2.05) is 38.1 Å². The summed E-state index contributed by atoms with van der Waals surface area (Å²) in [7, 11) is 0. The molecule has 0 saturated heterocycles. The number of nitrogens with one attached hydrogen (secondary N) is 1. The van der Waals surface area contributed by atoms with E-state index < -0.39 is 11.7 Å². The molecular weight excluding hydrogens is 272 g/mol. The summed E-state index contributed by atoms with van der Waals surface area (Å²) in [5.41, 5.74) is 3.14. The number of carbonyl (C=O) groups excluding carboxylic acids is 2. The molecule has 0 fully saturated rings. The van der Waals surface area contributed by atoms with Crippen molar-refractivity contribution in [1.29, 1.82) is 0 Å². The summed E-state index contributed by atoms with van der Waals surface area (Å²) >= 11 is 1.51. The highest BCUT2D eigenvalue weighted by Gasteiger charge is 2.27. The van der Waals surface area contributed by atoms with Gasteiger partial charge in [0, 0.05) is 10.6 Å². The molecule has 0 unspecified atom stereocenters. The van der Waals surface area contributed by atoms with Gasteiger partial charge < -0.3 is 5.32 Å². The van der Waals surface area contributed by atoms with Crippen LogP contribution in [0.3, 0.4) is 0 Å². The normalized spacial score (nSPS) is 13.3. The van der Waals surface area contributed by atoms with Crippen molar-refractivity contribution in [2.75, 3.05) is 5.32 Å². The number of aromatic nitrogens is 1. The molecule has 1 aliphatic rings. The van der Waals surface area contributed by atoms with E-state index in [1.165, 1.54) is 11.8 Å². The van der Waals surface area contributed by atoms with Crippen LogP contribution in [0.2, 0.25) is 0 Å². The lowest BCUT2D eigenvalue weighted by molar-refractivity contribution is -0.112. The number of fused-ring (bicyclic) bond motifs is 1. The van der Waals surface area contributed by atoms with Crippen molar-refractivity contribution in [3.8, 4) is 0 Å². The van der Waals surface area contributed by atoms with Gasteiger partial charge in [-0.2, -0.15) is 0 Å². The summed E-state index contributed by atoms with van der Waals surface area (Å²) in [6.07, 6.45) is 0. The zero-order valence-electron chi connectivity index (χ0n) is 11.1. The number of Topliss-reactive ketones (excluding diaryl/α,β-unsaturated/α-hetero) is 1. The maximum Gasteiger partial charge on any atom is 0.296 e. The summed E-state index contributed by atoms with van der Waals surface area (Å²) in [6, 6.07) is 9.35. The molecule has 0 atom stereocenters. The van der Waals surface area contributed by atoms with Gasteiger partial charge in [-0.15, -0.1) is 0 Å². The van der Waals surface area contributed by atoms with Gasteiger partial charge in [-0.25, -0.2) is 4.98 Å². The third kappa shape index (κ3) is 2.32. The molecule has 0 bridgehead atoms. The monoisotopic (exact) mass is 284 g/mol. The van der Waals surface area contributed by atoms with E-state index in [9.17, 15) is 9.59 Å². The minimum atomic E-state index is -0.563. The minimum Gasteiger partial charge on any atom is -0.318 e. The Kier molecular flexibility index (Phi) is 3.06. The molecule has 3 rings (SSSR count). The molecule has 0 saturated carbocycles. The molecule has 2 heterocycles. The topological polar surface area (TPSA) is 59.1 Å². The molecule has 1 aliphatic heterocycles. The lowest BCUT2D eigenvalue weighted by Crippen LogP contribution is -2.12. The third-order valence-electron chi connectivity index (χ3n) is 2.99. The van der Waals surface area contributed by atoms with E-state index in [0.717, 1.165) is 21.2 Å². The van der Waals surface area contributed by atoms with Gasteiger partial charge in [0.25, 0.3) is 11.7 Å². The van der Waals surface area contributed by atoms with Gasteiger partial charge in [0.05, 0.1) is 11.3 Å². The van der Waals surface area contributed by atoms with Gasteiger partial charge in [0.15, 0.2) is 0 Å². The zero-order valence-corrected chi connectivity index (χ0v) is 11.9. The maximum atomic E-state index is 11.5. The number of anilines is 1. The first-order valence-corrected chi connectivity index (χ1v) is 6.97. The molecule has 1 aromatic heterocycles.